The van der Waals surface area contributed by atoms with Crippen molar-refractivity contribution in [3.05, 3.63) is 41.7 Å². The third-order valence-electron chi connectivity index (χ3n) is 2.03. The molecule has 0 aliphatic rings. The average molecular weight is 189 g/mol. The lowest BCUT2D eigenvalue weighted by Gasteiger charge is -1.95. The molecule has 0 bridgehead atoms. The predicted octanol–water partition coefficient (Wildman–Crippen LogP) is 2.14. The molecular weight excluding hydrogens is 178 g/mol. The Hall–Kier alpha value is -1.61. The Morgan fingerprint density at radius 2 is 2.21 bits per heavy atom. The van der Waals surface area contributed by atoms with Crippen molar-refractivity contribution in [2.24, 2.45) is 0 Å². The summed E-state index contributed by atoms with van der Waals surface area (Å²) in [6.07, 6.45) is 0. The molecule has 72 valence electrons. The highest BCUT2D eigenvalue weighted by Crippen LogP contribution is 2.19. The number of aromatic nitrogens is 1. The maximum Gasteiger partial charge on any atom is 0.162 e. The van der Waals surface area contributed by atoms with E-state index in [1.165, 1.54) is 5.56 Å². The van der Waals surface area contributed by atoms with Crippen LogP contribution in [0, 0.1) is 6.92 Å². The van der Waals surface area contributed by atoms with Crippen molar-refractivity contribution in [1.82, 2.24) is 5.16 Å². The third kappa shape index (κ3) is 1.67. The van der Waals surface area contributed by atoms with E-state index in [0.717, 1.165) is 11.3 Å². The molecule has 0 unspecified atom stereocenters. The molecule has 0 saturated carbocycles. The Balaban J connectivity index is 2.39. The van der Waals surface area contributed by atoms with Crippen molar-refractivity contribution in [1.29, 1.82) is 0 Å². The smallest absolute Gasteiger partial charge is 0.162 e. The number of benzene rings is 1. The van der Waals surface area contributed by atoms with Gasteiger partial charge in [0.15, 0.2) is 5.76 Å². The van der Waals surface area contributed by atoms with Crippen molar-refractivity contribution in [3.63, 3.8) is 0 Å². The summed E-state index contributed by atoms with van der Waals surface area (Å²) in [5.41, 5.74) is 2.95. The van der Waals surface area contributed by atoms with Gasteiger partial charge < -0.3 is 9.63 Å². The van der Waals surface area contributed by atoms with Gasteiger partial charge in [-0.1, -0.05) is 28.9 Å². The largest absolute Gasteiger partial charge is 0.388 e. The fourth-order valence-electron chi connectivity index (χ4n) is 1.33. The molecule has 0 spiro atoms. The Bertz CT molecular complexity index is 434. The Kier molecular flexibility index (Phi) is 2.33. The zero-order valence-corrected chi connectivity index (χ0v) is 7.90. The van der Waals surface area contributed by atoms with Gasteiger partial charge in [-0.05, 0) is 13.0 Å². The van der Waals surface area contributed by atoms with Crippen LogP contribution in [0.4, 0.5) is 0 Å². The van der Waals surface area contributed by atoms with E-state index >= 15 is 0 Å². The maximum atomic E-state index is 8.82. The summed E-state index contributed by atoms with van der Waals surface area (Å²) in [4.78, 5) is 0. The van der Waals surface area contributed by atoms with Gasteiger partial charge in [-0.2, -0.15) is 0 Å². The third-order valence-corrected chi connectivity index (χ3v) is 2.03. The summed E-state index contributed by atoms with van der Waals surface area (Å²) in [7, 11) is 0. The lowest BCUT2D eigenvalue weighted by atomic mass is 10.1. The van der Waals surface area contributed by atoms with E-state index < -0.39 is 0 Å². The minimum Gasteiger partial charge on any atom is -0.388 e. The second kappa shape index (κ2) is 3.64. The van der Waals surface area contributed by atoms with Crippen LogP contribution in [0.1, 0.15) is 11.3 Å². The van der Waals surface area contributed by atoms with Crippen molar-refractivity contribution in [3.8, 4) is 11.3 Å². The Morgan fingerprint density at radius 3 is 2.86 bits per heavy atom. The summed E-state index contributed by atoms with van der Waals surface area (Å²) >= 11 is 0. The standard InChI is InChI=1S/C11H11NO2/c1-8-3-2-4-9(5-8)11-6-10(7-13)14-12-11/h2-6,13H,7H2,1H3. The first kappa shape index (κ1) is 8.97. The van der Waals surface area contributed by atoms with Crippen LogP contribution in [0.2, 0.25) is 0 Å². The van der Waals surface area contributed by atoms with Gasteiger partial charge in [0.25, 0.3) is 0 Å². The highest BCUT2D eigenvalue weighted by molar-refractivity contribution is 5.59. The molecule has 0 radical (unpaired) electrons. The molecule has 0 aliphatic heterocycles. The van der Waals surface area contributed by atoms with Gasteiger partial charge in [0.1, 0.15) is 12.3 Å². The molecule has 0 aliphatic carbocycles. The second-order valence-electron chi connectivity index (χ2n) is 3.21. The van der Waals surface area contributed by atoms with Crippen molar-refractivity contribution < 1.29 is 9.63 Å². The molecule has 0 saturated heterocycles. The lowest BCUT2D eigenvalue weighted by molar-refractivity contribution is 0.229. The van der Waals surface area contributed by atoms with Crippen LogP contribution in [0.5, 0.6) is 0 Å². The number of rotatable bonds is 2. The highest BCUT2D eigenvalue weighted by atomic mass is 16.5. The first-order chi connectivity index (χ1) is 6.79. The van der Waals surface area contributed by atoms with Crippen molar-refractivity contribution in [2.75, 3.05) is 0 Å². The molecule has 1 aromatic heterocycles. The van der Waals surface area contributed by atoms with Gasteiger partial charge in [-0.15, -0.1) is 0 Å². The Labute approximate surface area is 82.0 Å². The van der Waals surface area contributed by atoms with E-state index in [0.29, 0.717) is 5.76 Å². The van der Waals surface area contributed by atoms with Crippen LogP contribution in [0.15, 0.2) is 34.9 Å². The Morgan fingerprint density at radius 1 is 1.36 bits per heavy atom. The van der Waals surface area contributed by atoms with Gasteiger partial charge in [0.05, 0.1) is 0 Å². The van der Waals surface area contributed by atoms with E-state index in [-0.39, 0.29) is 6.61 Å². The molecule has 1 heterocycles. The molecule has 0 amide bonds. The molecule has 3 nitrogen and oxygen atoms in total. The van der Waals surface area contributed by atoms with Gasteiger partial charge in [0, 0.05) is 11.6 Å². The number of nitrogens with zero attached hydrogens (tertiary/aromatic N) is 1. The quantitative estimate of drug-likeness (QED) is 0.787. The van der Waals surface area contributed by atoms with E-state index in [1.807, 2.05) is 31.2 Å². The minimum absolute atomic E-state index is 0.112. The van der Waals surface area contributed by atoms with Crippen LogP contribution in [-0.4, -0.2) is 10.3 Å². The van der Waals surface area contributed by atoms with Crippen molar-refractivity contribution in [2.45, 2.75) is 13.5 Å². The number of aliphatic hydroxyl groups is 1. The summed E-state index contributed by atoms with van der Waals surface area (Å²) in [6, 6.07) is 9.73. The number of aryl methyl sites for hydroxylation is 1. The average Bonchev–Trinajstić information content (AvgIpc) is 2.66. The topological polar surface area (TPSA) is 46.3 Å². The molecule has 2 aromatic rings. The zero-order chi connectivity index (χ0) is 9.97. The van der Waals surface area contributed by atoms with Crippen LogP contribution in [0.25, 0.3) is 11.3 Å². The lowest BCUT2D eigenvalue weighted by Crippen LogP contribution is -1.78. The molecule has 0 fully saturated rings. The van der Waals surface area contributed by atoms with E-state index in [2.05, 4.69) is 5.16 Å². The number of hydrogen-bond acceptors (Lipinski definition) is 3. The SMILES string of the molecule is Cc1cccc(-c2cc(CO)on2)c1. The summed E-state index contributed by atoms with van der Waals surface area (Å²) in [6.45, 7) is 1.91. The zero-order valence-electron chi connectivity index (χ0n) is 7.90. The second-order valence-corrected chi connectivity index (χ2v) is 3.21. The van der Waals surface area contributed by atoms with Gasteiger partial charge >= 0.3 is 0 Å². The van der Waals surface area contributed by atoms with Gasteiger partial charge in [-0.25, -0.2) is 0 Å². The molecular formula is C11H11NO2. The molecule has 1 aromatic carbocycles. The van der Waals surface area contributed by atoms with Crippen molar-refractivity contribution >= 4 is 0 Å². The van der Waals surface area contributed by atoms with E-state index in [1.54, 1.807) is 6.07 Å². The normalized spacial score (nSPS) is 10.4. The van der Waals surface area contributed by atoms with E-state index in [4.69, 9.17) is 9.63 Å². The minimum atomic E-state index is -0.112. The maximum absolute atomic E-state index is 8.82. The first-order valence-electron chi connectivity index (χ1n) is 4.43. The van der Waals surface area contributed by atoms with Gasteiger partial charge in [0.2, 0.25) is 0 Å². The van der Waals surface area contributed by atoms with Crippen LogP contribution < -0.4 is 0 Å². The molecule has 3 heteroatoms. The number of hydrogen-bond donors (Lipinski definition) is 1. The number of aliphatic hydroxyl groups excluding tert-OH is 1. The fourth-order valence-corrected chi connectivity index (χ4v) is 1.33. The summed E-state index contributed by atoms with van der Waals surface area (Å²) < 4.78 is 4.91. The fraction of sp³-hybridized carbons (Fsp3) is 0.182. The molecule has 14 heavy (non-hydrogen) atoms. The highest BCUT2D eigenvalue weighted by Gasteiger charge is 2.04. The van der Waals surface area contributed by atoms with Crippen LogP contribution in [-0.2, 0) is 6.61 Å². The molecule has 1 N–H and O–H groups in total. The van der Waals surface area contributed by atoms with Crippen LogP contribution >= 0.6 is 0 Å². The molecule has 0 atom stereocenters. The summed E-state index contributed by atoms with van der Waals surface area (Å²) in [5, 5.41) is 12.7. The monoisotopic (exact) mass is 189 g/mol. The molecule has 2 rings (SSSR count). The van der Waals surface area contributed by atoms with Crippen LogP contribution in [0.3, 0.4) is 0 Å². The van der Waals surface area contributed by atoms with Gasteiger partial charge in [-0.3, -0.25) is 0 Å². The predicted molar refractivity (Wildman–Crippen MR) is 52.6 cm³/mol. The first-order valence-corrected chi connectivity index (χ1v) is 4.43. The summed E-state index contributed by atoms with van der Waals surface area (Å²) in [5.74, 6) is 0.488. The van der Waals surface area contributed by atoms with E-state index in [9.17, 15) is 0 Å².